The van der Waals surface area contributed by atoms with Crippen molar-refractivity contribution in [2.75, 3.05) is 30.3 Å². The molecule has 7 nitrogen and oxygen atoms in total. The normalized spacial score (nSPS) is 16.9. The van der Waals surface area contributed by atoms with Crippen molar-refractivity contribution in [1.82, 2.24) is 14.9 Å². The maximum atomic E-state index is 11.0. The summed E-state index contributed by atoms with van der Waals surface area (Å²) in [5, 5.41) is 6.58. The lowest BCUT2D eigenvalue weighted by Gasteiger charge is -2.16. The van der Waals surface area contributed by atoms with Crippen LogP contribution in [-0.4, -0.2) is 40.4 Å². The SMILES string of the molecule is NC(=O)CCNc1nc(Nc2cccc(CN3CCCC3)c2)ncc1C1CC1. The largest absolute Gasteiger partial charge is 0.370 e. The Hall–Kier alpha value is -2.67. The van der Waals surface area contributed by atoms with Gasteiger partial charge < -0.3 is 16.4 Å². The highest BCUT2D eigenvalue weighted by molar-refractivity contribution is 5.74. The van der Waals surface area contributed by atoms with Gasteiger partial charge in [0.25, 0.3) is 0 Å². The second-order valence-electron chi connectivity index (χ2n) is 7.72. The topological polar surface area (TPSA) is 96.2 Å². The van der Waals surface area contributed by atoms with Crippen LogP contribution in [0.25, 0.3) is 0 Å². The first kappa shape index (κ1) is 18.7. The zero-order valence-electron chi connectivity index (χ0n) is 16.2. The fourth-order valence-corrected chi connectivity index (χ4v) is 3.67. The first-order valence-corrected chi connectivity index (χ1v) is 10.1. The number of likely N-dealkylation sites (tertiary alicyclic amines) is 1. The number of carbonyl (C=O) groups excluding carboxylic acids is 1. The van der Waals surface area contributed by atoms with Crippen LogP contribution in [0.4, 0.5) is 17.5 Å². The highest BCUT2D eigenvalue weighted by Crippen LogP contribution is 2.42. The van der Waals surface area contributed by atoms with Crippen LogP contribution >= 0.6 is 0 Å². The summed E-state index contributed by atoms with van der Waals surface area (Å²) in [5.74, 6) is 1.57. The molecule has 7 heteroatoms. The third-order valence-electron chi connectivity index (χ3n) is 5.29. The Morgan fingerprint density at radius 1 is 1.25 bits per heavy atom. The molecule has 0 atom stereocenters. The molecule has 1 amide bonds. The molecule has 1 aromatic heterocycles. The summed E-state index contributed by atoms with van der Waals surface area (Å²) in [7, 11) is 0. The van der Waals surface area contributed by atoms with Crippen molar-refractivity contribution in [2.45, 2.75) is 44.6 Å². The van der Waals surface area contributed by atoms with Crippen LogP contribution in [0, 0.1) is 0 Å². The molecular formula is C21H28N6O. The molecule has 148 valence electrons. The molecule has 2 aliphatic rings. The first-order chi connectivity index (χ1) is 13.7. The Labute approximate surface area is 165 Å². The van der Waals surface area contributed by atoms with E-state index >= 15 is 0 Å². The smallest absolute Gasteiger partial charge is 0.229 e. The fraction of sp³-hybridized carbons (Fsp3) is 0.476. The molecule has 2 heterocycles. The number of benzene rings is 1. The fourth-order valence-electron chi connectivity index (χ4n) is 3.67. The van der Waals surface area contributed by atoms with Crippen LogP contribution in [0.5, 0.6) is 0 Å². The molecule has 28 heavy (non-hydrogen) atoms. The maximum absolute atomic E-state index is 11.0. The summed E-state index contributed by atoms with van der Waals surface area (Å²) in [6.07, 6.45) is 7.11. The second-order valence-corrected chi connectivity index (χ2v) is 7.72. The highest BCUT2D eigenvalue weighted by Gasteiger charge is 2.27. The van der Waals surface area contributed by atoms with E-state index in [2.05, 4.69) is 43.7 Å². The summed E-state index contributed by atoms with van der Waals surface area (Å²) < 4.78 is 0. The van der Waals surface area contributed by atoms with Gasteiger partial charge in [-0.1, -0.05) is 12.1 Å². The van der Waals surface area contributed by atoms with Gasteiger partial charge in [-0.15, -0.1) is 0 Å². The third kappa shape index (κ3) is 4.98. The first-order valence-electron chi connectivity index (χ1n) is 10.1. The number of primary amides is 1. The number of hydrogen-bond acceptors (Lipinski definition) is 6. The monoisotopic (exact) mass is 380 g/mol. The van der Waals surface area contributed by atoms with E-state index in [1.807, 2.05) is 12.3 Å². The van der Waals surface area contributed by atoms with Crippen molar-refractivity contribution in [1.29, 1.82) is 0 Å². The molecule has 2 aromatic rings. The van der Waals surface area contributed by atoms with Crippen molar-refractivity contribution in [2.24, 2.45) is 5.73 Å². The minimum atomic E-state index is -0.317. The Morgan fingerprint density at radius 3 is 2.82 bits per heavy atom. The lowest BCUT2D eigenvalue weighted by molar-refractivity contribution is -0.117. The molecule has 0 spiro atoms. The summed E-state index contributed by atoms with van der Waals surface area (Å²) in [5.41, 5.74) is 8.64. The van der Waals surface area contributed by atoms with E-state index in [1.54, 1.807) is 0 Å². The van der Waals surface area contributed by atoms with E-state index in [-0.39, 0.29) is 12.3 Å². The van der Waals surface area contributed by atoms with Gasteiger partial charge in [0.2, 0.25) is 11.9 Å². The van der Waals surface area contributed by atoms with Gasteiger partial charge in [-0.25, -0.2) is 4.98 Å². The quantitative estimate of drug-likeness (QED) is 0.619. The predicted octanol–water partition coefficient (Wildman–Crippen LogP) is 2.98. The van der Waals surface area contributed by atoms with Crippen LogP contribution in [0.3, 0.4) is 0 Å². The van der Waals surface area contributed by atoms with Crippen LogP contribution in [0.1, 0.15) is 49.1 Å². The zero-order chi connectivity index (χ0) is 19.3. The standard InChI is InChI=1S/C21H28N6O/c22-19(28)8-9-23-20-18(16-6-7-16)13-24-21(26-20)25-17-5-3-4-15(12-17)14-27-10-1-2-11-27/h3-5,12-13,16H,1-2,6-11,14H2,(H2,22,28)(H2,23,24,25,26). The Morgan fingerprint density at radius 2 is 2.07 bits per heavy atom. The Kier molecular flexibility index (Phi) is 5.71. The second kappa shape index (κ2) is 8.56. The molecule has 1 aliphatic heterocycles. The van der Waals surface area contributed by atoms with E-state index in [9.17, 15) is 4.79 Å². The van der Waals surface area contributed by atoms with Gasteiger partial charge in [-0.05, 0) is 62.4 Å². The van der Waals surface area contributed by atoms with E-state index < -0.39 is 0 Å². The Bertz CT molecular complexity index is 829. The molecular weight excluding hydrogens is 352 g/mol. The summed E-state index contributed by atoms with van der Waals surface area (Å²) in [6.45, 7) is 3.83. The molecule has 0 radical (unpaired) electrons. The van der Waals surface area contributed by atoms with Gasteiger partial charge in [0.15, 0.2) is 0 Å². The lowest BCUT2D eigenvalue weighted by atomic mass is 10.2. The minimum Gasteiger partial charge on any atom is -0.370 e. The number of hydrogen-bond donors (Lipinski definition) is 3. The molecule has 0 bridgehead atoms. The van der Waals surface area contributed by atoms with E-state index in [0.29, 0.717) is 18.4 Å². The minimum absolute atomic E-state index is 0.287. The van der Waals surface area contributed by atoms with Crippen molar-refractivity contribution >= 4 is 23.4 Å². The van der Waals surface area contributed by atoms with E-state index in [4.69, 9.17) is 5.73 Å². The number of carbonyl (C=O) groups is 1. The lowest BCUT2D eigenvalue weighted by Crippen LogP contribution is -2.18. The number of nitrogens with one attached hydrogen (secondary N) is 2. The van der Waals surface area contributed by atoms with Gasteiger partial charge in [0.05, 0.1) is 0 Å². The summed E-state index contributed by atoms with van der Waals surface area (Å²) in [6, 6.07) is 8.43. The van der Waals surface area contributed by atoms with Crippen LogP contribution in [-0.2, 0) is 11.3 Å². The van der Waals surface area contributed by atoms with Gasteiger partial charge in [0.1, 0.15) is 5.82 Å². The van der Waals surface area contributed by atoms with Crippen molar-refractivity contribution in [3.05, 3.63) is 41.6 Å². The van der Waals surface area contributed by atoms with Crippen molar-refractivity contribution in [3.8, 4) is 0 Å². The maximum Gasteiger partial charge on any atom is 0.229 e. The third-order valence-corrected chi connectivity index (χ3v) is 5.29. The molecule has 1 aliphatic carbocycles. The summed E-state index contributed by atoms with van der Waals surface area (Å²) >= 11 is 0. The van der Waals surface area contributed by atoms with Crippen LogP contribution in [0.15, 0.2) is 30.5 Å². The molecule has 1 saturated heterocycles. The molecule has 1 saturated carbocycles. The molecule has 4 rings (SSSR count). The zero-order valence-corrected chi connectivity index (χ0v) is 16.2. The predicted molar refractivity (Wildman–Crippen MR) is 111 cm³/mol. The van der Waals surface area contributed by atoms with Gasteiger partial charge >= 0.3 is 0 Å². The average molecular weight is 380 g/mol. The van der Waals surface area contributed by atoms with Crippen LogP contribution < -0.4 is 16.4 Å². The molecule has 4 N–H and O–H groups in total. The number of nitrogens with two attached hydrogens (primary N) is 1. The number of rotatable bonds is 9. The van der Waals surface area contributed by atoms with Gasteiger partial charge in [0, 0.05) is 37.0 Å². The summed E-state index contributed by atoms with van der Waals surface area (Å²) in [4.78, 5) is 22.7. The van der Waals surface area contributed by atoms with Crippen molar-refractivity contribution in [3.63, 3.8) is 0 Å². The Balaban J connectivity index is 1.45. The molecule has 0 unspecified atom stereocenters. The molecule has 1 aromatic carbocycles. The number of amides is 1. The van der Waals surface area contributed by atoms with Gasteiger partial charge in [-0.3, -0.25) is 9.69 Å². The number of nitrogens with zero attached hydrogens (tertiary/aromatic N) is 3. The van der Waals surface area contributed by atoms with Crippen molar-refractivity contribution < 1.29 is 4.79 Å². The average Bonchev–Trinajstić information content (AvgIpc) is 3.39. The number of aromatic nitrogens is 2. The highest BCUT2D eigenvalue weighted by atomic mass is 16.1. The van der Waals surface area contributed by atoms with Gasteiger partial charge in [-0.2, -0.15) is 4.98 Å². The number of anilines is 3. The molecule has 2 fully saturated rings. The van der Waals surface area contributed by atoms with Crippen LogP contribution in [0.2, 0.25) is 0 Å². The van der Waals surface area contributed by atoms with E-state index in [0.717, 1.165) is 23.6 Å². The van der Waals surface area contributed by atoms with E-state index in [1.165, 1.54) is 44.3 Å².